The lowest BCUT2D eigenvalue weighted by atomic mass is 9.92. The maximum absolute atomic E-state index is 14.8. The van der Waals surface area contributed by atoms with E-state index in [-0.39, 0.29) is 29.9 Å². The molecule has 1 unspecified atom stereocenters. The molecule has 2 aromatic heterocycles. The summed E-state index contributed by atoms with van der Waals surface area (Å²) in [6.45, 7) is 8.83. The maximum atomic E-state index is 14.8. The molecule has 2 atom stereocenters. The number of piperidine rings is 1. The van der Waals surface area contributed by atoms with Gasteiger partial charge in [-0.1, -0.05) is 18.2 Å². The monoisotopic (exact) mass is 587 g/mol. The molecule has 0 saturated carbocycles. The SMILES string of the molecule is [C-]#[N+]c1ccc(COc2cccc(C3CCN(C(CF)c4nc5ccc(C(=O)O)cc5n4C[C@@H]4CCO4)CC3)n2)c(F)c1. The zero-order valence-electron chi connectivity index (χ0n) is 23.5. The third kappa shape index (κ3) is 6.07. The van der Waals surface area contributed by atoms with Crippen LogP contribution in [-0.2, 0) is 17.9 Å². The van der Waals surface area contributed by atoms with Crippen molar-refractivity contribution in [1.82, 2.24) is 19.4 Å². The van der Waals surface area contributed by atoms with E-state index in [1.807, 2.05) is 16.7 Å². The Bertz CT molecular complexity index is 1670. The minimum atomic E-state index is -1.02. The van der Waals surface area contributed by atoms with Crippen molar-refractivity contribution >= 4 is 22.7 Å². The van der Waals surface area contributed by atoms with Gasteiger partial charge in [0.15, 0.2) is 5.69 Å². The molecule has 0 spiro atoms. The number of ether oxygens (including phenoxy) is 2. The molecule has 222 valence electrons. The third-order valence-corrected chi connectivity index (χ3v) is 8.32. The van der Waals surface area contributed by atoms with E-state index in [1.165, 1.54) is 12.1 Å². The number of likely N-dealkylation sites (tertiary alicyclic amines) is 1. The van der Waals surface area contributed by atoms with E-state index in [4.69, 9.17) is 21.0 Å². The van der Waals surface area contributed by atoms with E-state index >= 15 is 0 Å². The number of carboxylic acids is 1. The Labute approximate surface area is 247 Å². The lowest BCUT2D eigenvalue weighted by Gasteiger charge is -2.36. The first-order chi connectivity index (χ1) is 20.9. The van der Waals surface area contributed by atoms with Crippen molar-refractivity contribution in [2.75, 3.05) is 26.4 Å². The number of halogens is 2. The highest BCUT2D eigenvalue weighted by atomic mass is 19.1. The van der Waals surface area contributed by atoms with Crippen LogP contribution in [0, 0.1) is 12.4 Å². The molecule has 2 aromatic carbocycles. The van der Waals surface area contributed by atoms with E-state index in [1.54, 1.807) is 30.3 Å². The molecule has 2 aliphatic rings. The van der Waals surface area contributed by atoms with Crippen LogP contribution in [0.2, 0.25) is 0 Å². The summed E-state index contributed by atoms with van der Waals surface area (Å²) in [6, 6.07) is 14.1. The van der Waals surface area contributed by atoms with Gasteiger partial charge in [0.25, 0.3) is 0 Å². The van der Waals surface area contributed by atoms with E-state index < -0.39 is 24.5 Å². The van der Waals surface area contributed by atoms with E-state index in [0.29, 0.717) is 54.5 Å². The lowest BCUT2D eigenvalue weighted by molar-refractivity contribution is -0.0595. The van der Waals surface area contributed by atoms with Crippen LogP contribution in [0.1, 0.15) is 58.7 Å². The fourth-order valence-electron chi connectivity index (χ4n) is 5.80. The van der Waals surface area contributed by atoms with Gasteiger partial charge in [0.1, 0.15) is 24.9 Å². The van der Waals surface area contributed by atoms with Gasteiger partial charge in [0, 0.05) is 29.8 Å². The number of carbonyl (C=O) groups is 1. The Balaban J connectivity index is 1.15. The molecular weight excluding hydrogens is 556 g/mol. The fourth-order valence-corrected chi connectivity index (χ4v) is 5.80. The van der Waals surface area contributed by atoms with Crippen LogP contribution in [0.4, 0.5) is 14.5 Å². The standard InChI is InChI=1S/C32H31F2N5O4/c1-35-23-7-5-22(25(34)16-23)19-43-30-4-2-3-26(36-30)20-9-12-38(13-10-20)29(17-33)31-37-27-8-6-21(32(40)41)15-28(27)39(31)18-24-11-14-42-24/h2-8,15-16,20,24,29H,9-14,17-19H2,(H,40,41)/t24-,29?/m0/s1. The smallest absolute Gasteiger partial charge is 0.335 e. The average molecular weight is 588 g/mol. The Morgan fingerprint density at radius 2 is 1.95 bits per heavy atom. The van der Waals surface area contributed by atoms with Gasteiger partial charge in [0.05, 0.1) is 41.9 Å². The number of carboxylic acid groups (broad SMARTS) is 1. The van der Waals surface area contributed by atoms with Gasteiger partial charge in [-0.05, 0) is 62.7 Å². The van der Waals surface area contributed by atoms with Crippen molar-refractivity contribution in [2.45, 2.75) is 50.5 Å². The molecule has 0 aliphatic carbocycles. The van der Waals surface area contributed by atoms with Crippen LogP contribution >= 0.6 is 0 Å². The summed E-state index contributed by atoms with van der Waals surface area (Å²) in [7, 11) is 0. The van der Waals surface area contributed by atoms with Crippen LogP contribution in [0.15, 0.2) is 54.6 Å². The molecule has 11 heteroatoms. The van der Waals surface area contributed by atoms with Gasteiger partial charge in [-0.25, -0.2) is 28.4 Å². The first-order valence-corrected chi connectivity index (χ1v) is 14.3. The fraction of sp³-hybridized carbons (Fsp3) is 0.375. The van der Waals surface area contributed by atoms with E-state index in [9.17, 15) is 18.7 Å². The molecule has 43 heavy (non-hydrogen) atoms. The summed E-state index contributed by atoms with van der Waals surface area (Å²) in [5.74, 6) is -0.390. The molecule has 4 aromatic rings. The second-order valence-electron chi connectivity index (χ2n) is 10.9. The molecule has 6 rings (SSSR count). The summed E-state index contributed by atoms with van der Waals surface area (Å²) in [4.78, 5) is 26.4. The first kappa shape index (κ1) is 28.7. The summed E-state index contributed by atoms with van der Waals surface area (Å²) >= 11 is 0. The number of aromatic carboxylic acids is 1. The highest BCUT2D eigenvalue weighted by Gasteiger charge is 2.32. The Hall–Kier alpha value is -4.40. The van der Waals surface area contributed by atoms with Gasteiger partial charge in [-0.15, -0.1) is 0 Å². The summed E-state index contributed by atoms with van der Waals surface area (Å²) in [5.41, 5.74) is 2.92. The van der Waals surface area contributed by atoms with E-state index in [0.717, 1.165) is 25.0 Å². The predicted molar refractivity (Wildman–Crippen MR) is 155 cm³/mol. The van der Waals surface area contributed by atoms with Crippen LogP contribution in [0.3, 0.4) is 0 Å². The van der Waals surface area contributed by atoms with Crippen LogP contribution < -0.4 is 4.74 Å². The number of aromatic nitrogens is 3. The number of alkyl halides is 1. The third-order valence-electron chi connectivity index (χ3n) is 8.32. The Kier molecular flexibility index (Phi) is 8.31. The predicted octanol–water partition coefficient (Wildman–Crippen LogP) is 6.08. The Morgan fingerprint density at radius 1 is 1.14 bits per heavy atom. The van der Waals surface area contributed by atoms with Crippen molar-refractivity contribution < 1.29 is 28.2 Å². The number of rotatable bonds is 10. The molecule has 0 bridgehead atoms. The van der Waals surface area contributed by atoms with Gasteiger partial charge in [-0.2, -0.15) is 0 Å². The average Bonchev–Trinajstić information content (AvgIpc) is 3.36. The first-order valence-electron chi connectivity index (χ1n) is 14.3. The topological polar surface area (TPSA) is 94.1 Å². The van der Waals surface area contributed by atoms with Crippen molar-refractivity contribution in [1.29, 1.82) is 0 Å². The summed E-state index contributed by atoms with van der Waals surface area (Å²) < 4.78 is 42.4. The van der Waals surface area contributed by atoms with Crippen molar-refractivity contribution in [3.63, 3.8) is 0 Å². The molecule has 4 heterocycles. The second kappa shape index (κ2) is 12.5. The molecule has 0 amide bonds. The van der Waals surface area contributed by atoms with Gasteiger partial charge in [-0.3, -0.25) is 4.90 Å². The van der Waals surface area contributed by atoms with Crippen LogP contribution in [0.5, 0.6) is 5.88 Å². The Morgan fingerprint density at radius 3 is 2.63 bits per heavy atom. The maximum Gasteiger partial charge on any atom is 0.335 e. The van der Waals surface area contributed by atoms with Crippen molar-refractivity contribution in [3.05, 3.63) is 94.5 Å². The number of fused-ring (bicyclic) bond motifs is 1. The minimum Gasteiger partial charge on any atom is -0.478 e. The summed E-state index contributed by atoms with van der Waals surface area (Å²) in [6.07, 6.45) is 2.40. The molecule has 1 N–H and O–H groups in total. The van der Waals surface area contributed by atoms with Crippen molar-refractivity contribution in [3.8, 4) is 5.88 Å². The van der Waals surface area contributed by atoms with Crippen molar-refractivity contribution in [2.24, 2.45) is 0 Å². The molecule has 2 saturated heterocycles. The van der Waals surface area contributed by atoms with Gasteiger partial charge in [0.2, 0.25) is 5.88 Å². The lowest BCUT2D eigenvalue weighted by Crippen LogP contribution is -2.39. The quantitative estimate of drug-likeness (QED) is 0.225. The molecule has 0 radical (unpaired) electrons. The number of benzene rings is 2. The number of imidazole rings is 1. The zero-order valence-corrected chi connectivity index (χ0v) is 23.5. The zero-order chi connectivity index (χ0) is 29.9. The molecule has 2 aliphatic heterocycles. The largest absolute Gasteiger partial charge is 0.478 e. The number of hydrogen-bond donors (Lipinski definition) is 1. The van der Waals surface area contributed by atoms with Gasteiger partial charge < -0.3 is 19.1 Å². The number of pyridine rings is 1. The second-order valence-corrected chi connectivity index (χ2v) is 10.9. The minimum absolute atomic E-state index is 0.00194. The normalized spacial score (nSPS) is 18.2. The molecule has 2 fully saturated rings. The molecule has 9 nitrogen and oxygen atoms in total. The van der Waals surface area contributed by atoms with Gasteiger partial charge >= 0.3 is 5.97 Å². The summed E-state index contributed by atoms with van der Waals surface area (Å²) in [5, 5.41) is 9.53. The number of nitrogens with zero attached hydrogens (tertiary/aromatic N) is 5. The number of hydrogen-bond acceptors (Lipinski definition) is 6. The highest BCUT2D eigenvalue weighted by Crippen LogP contribution is 2.34. The molecular formula is C32H31F2N5O4. The van der Waals surface area contributed by atoms with Crippen LogP contribution in [-0.4, -0.2) is 63.0 Å². The highest BCUT2D eigenvalue weighted by molar-refractivity contribution is 5.92. The van der Waals surface area contributed by atoms with E-state index in [2.05, 4.69) is 14.7 Å². The van der Waals surface area contributed by atoms with Crippen LogP contribution in [0.25, 0.3) is 15.9 Å².